The highest BCUT2D eigenvalue weighted by atomic mass is 16.6. The Morgan fingerprint density at radius 1 is 0.280 bits per heavy atom. The SMILES string of the molecule is CC/C=C\C/C=C\C/C=C\C/C=C\C/C=C\CCCCCCCCCC(=O)OCC(COC(=O)CCCCCCC/C=C\CCCC)OC(=O)CCCCCCCCCCCCC/C=C\C/C=C\CCCCCCC. The summed E-state index contributed by atoms with van der Waals surface area (Å²) in [6, 6.07) is 0. The Morgan fingerprint density at radius 3 is 0.867 bits per heavy atom. The quantitative estimate of drug-likeness (QED) is 0.0261. The zero-order valence-electron chi connectivity index (χ0n) is 49.3. The normalized spacial score (nSPS) is 12.7. The van der Waals surface area contributed by atoms with Crippen LogP contribution in [0, 0.1) is 0 Å². The molecule has 0 saturated heterocycles. The predicted octanol–water partition coefficient (Wildman–Crippen LogP) is 21.7. The number of hydrogen-bond acceptors (Lipinski definition) is 6. The Kier molecular flexibility index (Phi) is 59.8. The second kappa shape index (κ2) is 62.9. The van der Waals surface area contributed by atoms with Crippen molar-refractivity contribution in [1.29, 1.82) is 0 Å². The summed E-state index contributed by atoms with van der Waals surface area (Å²) < 4.78 is 16.9. The molecule has 0 spiro atoms. The average molecular weight is 1040 g/mol. The first kappa shape index (κ1) is 71.3. The van der Waals surface area contributed by atoms with Gasteiger partial charge in [-0.25, -0.2) is 0 Å². The molecule has 0 aromatic rings. The highest BCUT2D eigenvalue weighted by molar-refractivity contribution is 5.71. The molecule has 430 valence electrons. The molecule has 6 nitrogen and oxygen atoms in total. The van der Waals surface area contributed by atoms with Gasteiger partial charge in [-0.2, -0.15) is 0 Å². The lowest BCUT2D eigenvalue weighted by Crippen LogP contribution is -2.30. The summed E-state index contributed by atoms with van der Waals surface area (Å²) in [4.78, 5) is 38.3. The number of ether oxygens (including phenoxy) is 3. The van der Waals surface area contributed by atoms with Crippen molar-refractivity contribution in [2.45, 2.75) is 309 Å². The first-order valence-electron chi connectivity index (χ1n) is 31.7. The highest BCUT2D eigenvalue weighted by Gasteiger charge is 2.19. The number of unbranched alkanes of at least 4 members (excludes halogenated alkanes) is 30. The fourth-order valence-corrected chi connectivity index (χ4v) is 8.78. The fraction of sp³-hybridized carbons (Fsp3) is 0.725. The van der Waals surface area contributed by atoms with Crippen molar-refractivity contribution in [3.63, 3.8) is 0 Å². The number of rotatable bonds is 57. The molecule has 0 saturated carbocycles. The maximum atomic E-state index is 12.9. The second-order valence-corrected chi connectivity index (χ2v) is 20.9. The minimum Gasteiger partial charge on any atom is -0.462 e. The fourth-order valence-electron chi connectivity index (χ4n) is 8.78. The number of allylic oxidation sites excluding steroid dienone is 16. The Morgan fingerprint density at radius 2 is 0.533 bits per heavy atom. The van der Waals surface area contributed by atoms with E-state index in [0.717, 1.165) is 109 Å². The molecule has 0 aliphatic heterocycles. The molecule has 0 N–H and O–H groups in total. The van der Waals surface area contributed by atoms with Gasteiger partial charge in [-0.15, -0.1) is 0 Å². The van der Waals surface area contributed by atoms with Crippen molar-refractivity contribution in [1.82, 2.24) is 0 Å². The third kappa shape index (κ3) is 61.1. The molecule has 0 amide bonds. The summed E-state index contributed by atoms with van der Waals surface area (Å²) in [6.07, 6.45) is 84.1. The molecule has 0 aromatic carbocycles. The van der Waals surface area contributed by atoms with E-state index in [1.807, 2.05) is 0 Å². The summed E-state index contributed by atoms with van der Waals surface area (Å²) >= 11 is 0. The third-order valence-electron chi connectivity index (χ3n) is 13.5. The van der Waals surface area contributed by atoms with Gasteiger partial charge >= 0.3 is 17.9 Å². The van der Waals surface area contributed by atoms with Crippen LogP contribution in [0.25, 0.3) is 0 Å². The van der Waals surface area contributed by atoms with Gasteiger partial charge in [-0.1, -0.05) is 266 Å². The lowest BCUT2D eigenvalue weighted by atomic mass is 10.0. The molecule has 6 heteroatoms. The standard InChI is InChI=1S/C69H118O6/c1-4-7-10-13-16-19-22-24-26-28-30-32-34-36-38-40-42-44-47-50-53-56-59-62-68(71)74-65-66(64-73-67(70)61-58-55-52-49-46-21-18-15-12-9-6-3)75-69(72)63-60-57-54-51-48-45-43-41-39-37-35-33-31-29-27-25-23-20-17-14-11-8-5-2/h7,10,15-16,18-19,23-26,29-32,36,38,66H,4-6,8-9,11-14,17,20-22,27-28,33-35,37,39-65H2,1-3H3/b10-7-,18-15-,19-16-,25-23-,26-24-,31-29-,32-30-,38-36-. The Bertz CT molecular complexity index is 1480. The van der Waals surface area contributed by atoms with Crippen molar-refractivity contribution >= 4 is 17.9 Å². The molecule has 0 fully saturated rings. The molecule has 0 heterocycles. The summed E-state index contributed by atoms with van der Waals surface area (Å²) in [5, 5.41) is 0. The largest absolute Gasteiger partial charge is 0.462 e. The molecule has 0 aliphatic rings. The topological polar surface area (TPSA) is 78.9 Å². The molecule has 75 heavy (non-hydrogen) atoms. The van der Waals surface area contributed by atoms with E-state index in [0.29, 0.717) is 19.3 Å². The zero-order valence-corrected chi connectivity index (χ0v) is 49.3. The summed E-state index contributed by atoms with van der Waals surface area (Å²) in [7, 11) is 0. The minimum atomic E-state index is -0.788. The number of carbonyl (C=O) groups excluding carboxylic acids is 3. The van der Waals surface area contributed by atoms with Gasteiger partial charge in [0.2, 0.25) is 0 Å². The van der Waals surface area contributed by atoms with Crippen LogP contribution in [0.2, 0.25) is 0 Å². The van der Waals surface area contributed by atoms with Crippen molar-refractivity contribution in [3.05, 3.63) is 97.2 Å². The van der Waals surface area contributed by atoms with Crippen molar-refractivity contribution in [2.24, 2.45) is 0 Å². The first-order valence-corrected chi connectivity index (χ1v) is 31.7. The summed E-state index contributed by atoms with van der Waals surface area (Å²) in [5.74, 6) is -0.900. The van der Waals surface area contributed by atoms with E-state index in [4.69, 9.17) is 14.2 Å². The van der Waals surface area contributed by atoms with Gasteiger partial charge in [0.05, 0.1) is 0 Å². The Hall–Kier alpha value is -3.67. The minimum absolute atomic E-state index is 0.0858. The highest BCUT2D eigenvalue weighted by Crippen LogP contribution is 2.16. The molecule has 0 radical (unpaired) electrons. The van der Waals surface area contributed by atoms with E-state index in [1.165, 1.54) is 154 Å². The number of hydrogen-bond donors (Lipinski definition) is 0. The van der Waals surface area contributed by atoms with E-state index in [2.05, 4.69) is 118 Å². The molecular formula is C69H118O6. The average Bonchev–Trinajstić information content (AvgIpc) is 3.41. The molecule has 0 aliphatic carbocycles. The van der Waals surface area contributed by atoms with Gasteiger partial charge in [0, 0.05) is 19.3 Å². The van der Waals surface area contributed by atoms with Crippen LogP contribution >= 0.6 is 0 Å². The van der Waals surface area contributed by atoms with Gasteiger partial charge in [0.1, 0.15) is 13.2 Å². The van der Waals surface area contributed by atoms with Crippen LogP contribution in [0.15, 0.2) is 97.2 Å². The lowest BCUT2D eigenvalue weighted by molar-refractivity contribution is -0.167. The van der Waals surface area contributed by atoms with Crippen molar-refractivity contribution in [3.8, 4) is 0 Å². The van der Waals surface area contributed by atoms with Crippen LogP contribution < -0.4 is 0 Å². The maximum absolute atomic E-state index is 12.9. The Labute approximate surface area is 464 Å². The van der Waals surface area contributed by atoms with Crippen LogP contribution in [0.1, 0.15) is 303 Å². The lowest BCUT2D eigenvalue weighted by Gasteiger charge is -2.18. The predicted molar refractivity (Wildman–Crippen MR) is 325 cm³/mol. The molecule has 0 aromatic heterocycles. The second-order valence-electron chi connectivity index (χ2n) is 20.9. The van der Waals surface area contributed by atoms with Crippen LogP contribution in [0.5, 0.6) is 0 Å². The molecular weight excluding hydrogens is 925 g/mol. The van der Waals surface area contributed by atoms with Crippen LogP contribution in [0.3, 0.4) is 0 Å². The number of carbonyl (C=O) groups is 3. The molecule has 1 atom stereocenters. The number of esters is 3. The van der Waals surface area contributed by atoms with Crippen molar-refractivity contribution < 1.29 is 28.6 Å². The van der Waals surface area contributed by atoms with E-state index in [1.54, 1.807) is 0 Å². The van der Waals surface area contributed by atoms with E-state index >= 15 is 0 Å². The van der Waals surface area contributed by atoms with E-state index in [9.17, 15) is 14.4 Å². The van der Waals surface area contributed by atoms with E-state index < -0.39 is 6.10 Å². The summed E-state index contributed by atoms with van der Waals surface area (Å²) in [6.45, 7) is 6.48. The van der Waals surface area contributed by atoms with Gasteiger partial charge in [-0.05, 0) is 116 Å². The first-order chi connectivity index (χ1) is 37.0. The van der Waals surface area contributed by atoms with Gasteiger partial charge < -0.3 is 14.2 Å². The van der Waals surface area contributed by atoms with Crippen molar-refractivity contribution in [2.75, 3.05) is 13.2 Å². The van der Waals surface area contributed by atoms with Crippen LogP contribution in [-0.4, -0.2) is 37.2 Å². The van der Waals surface area contributed by atoms with Gasteiger partial charge in [0.15, 0.2) is 6.10 Å². The Balaban J connectivity index is 4.32. The third-order valence-corrected chi connectivity index (χ3v) is 13.5. The maximum Gasteiger partial charge on any atom is 0.306 e. The van der Waals surface area contributed by atoms with E-state index in [-0.39, 0.29) is 31.1 Å². The molecule has 0 bridgehead atoms. The van der Waals surface area contributed by atoms with Crippen LogP contribution in [0.4, 0.5) is 0 Å². The smallest absolute Gasteiger partial charge is 0.306 e. The van der Waals surface area contributed by atoms with Gasteiger partial charge in [0.25, 0.3) is 0 Å². The zero-order chi connectivity index (χ0) is 54.3. The summed E-state index contributed by atoms with van der Waals surface area (Å²) in [5.41, 5.74) is 0. The molecule has 1 unspecified atom stereocenters. The monoisotopic (exact) mass is 1040 g/mol. The molecule has 0 rings (SSSR count). The van der Waals surface area contributed by atoms with Crippen LogP contribution in [-0.2, 0) is 28.6 Å². The van der Waals surface area contributed by atoms with Gasteiger partial charge in [-0.3, -0.25) is 14.4 Å².